The number of hydrogen-bond donors (Lipinski definition) is 1. The van der Waals surface area contributed by atoms with Crippen LogP contribution in [0.2, 0.25) is 5.02 Å². The Labute approximate surface area is 129 Å². The van der Waals surface area contributed by atoms with E-state index in [2.05, 4.69) is 0 Å². The van der Waals surface area contributed by atoms with Gasteiger partial charge >= 0.3 is 0 Å². The molecule has 0 atom stereocenters. The number of nitrogens with zero attached hydrogens (tertiary/aromatic N) is 1. The van der Waals surface area contributed by atoms with Gasteiger partial charge in [0, 0.05) is 24.7 Å². The third kappa shape index (κ3) is 3.29. The predicted molar refractivity (Wildman–Crippen MR) is 81.4 cm³/mol. The van der Waals surface area contributed by atoms with E-state index >= 15 is 0 Å². The molecule has 0 amide bonds. The van der Waals surface area contributed by atoms with Crippen molar-refractivity contribution in [3.8, 4) is 0 Å². The van der Waals surface area contributed by atoms with Crippen molar-refractivity contribution in [2.24, 2.45) is 5.73 Å². The maximum atomic E-state index is 12.6. The Balaban J connectivity index is 2.30. The van der Waals surface area contributed by atoms with Crippen LogP contribution in [-0.4, -0.2) is 19.8 Å². The van der Waals surface area contributed by atoms with Gasteiger partial charge in [-0.3, -0.25) is 0 Å². The van der Waals surface area contributed by atoms with E-state index in [1.807, 2.05) is 6.07 Å². The van der Waals surface area contributed by atoms with Crippen LogP contribution in [0.1, 0.15) is 17.1 Å². The first kappa shape index (κ1) is 16.0. The first-order chi connectivity index (χ1) is 9.86. The predicted octanol–water partition coefficient (Wildman–Crippen LogP) is 2.52. The summed E-state index contributed by atoms with van der Waals surface area (Å²) in [6.07, 6.45) is 0. The van der Waals surface area contributed by atoms with Crippen LogP contribution in [-0.2, 0) is 23.1 Å². The summed E-state index contributed by atoms with van der Waals surface area (Å²) in [5.41, 5.74) is 6.22. The second kappa shape index (κ2) is 6.19. The first-order valence-corrected chi connectivity index (χ1v) is 8.17. The van der Waals surface area contributed by atoms with Crippen molar-refractivity contribution >= 4 is 21.6 Å². The molecule has 1 heterocycles. The molecule has 2 aromatic rings. The third-order valence-electron chi connectivity index (χ3n) is 3.16. The van der Waals surface area contributed by atoms with Gasteiger partial charge in [-0.2, -0.15) is 4.31 Å². The lowest BCUT2D eigenvalue weighted by Crippen LogP contribution is -2.26. The molecule has 0 aliphatic heterocycles. The Morgan fingerprint density at radius 1 is 1.33 bits per heavy atom. The Hall–Kier alpha value is -1.34. The van der Waals surface area contributed by atoms with Gasteiger partial charge in [0.05, 0.1) is 6.54 Å². The van der Waals surface area contributed by atoms with Gasteiger partial charge < -0.3 is 10.2 Å². The molecule has 0 radical (unpaired) electrons. The molecule has 2 rings (SSSR count). The molecular formula is C14H17ClN2O3S. The summed E-state index contributed by atoms with van der Waals surface area (Å²) < 4.78 is 31.7. The van der Waals surface area contributed by atoms with E-state index in [1.54, 1.807) is 25.1 Å². The van der Waals surface area contributed by atoms with Crippen LogP contribution in [0.5, 0.6) is 0 Å². The summed E-state index contributed by atoms with van der Waals surface area (Å²) in [6.45, 7) is 1.95. The van der Waals surface area contributed by atoms with E-state index < -0.39 is 10.0 Å². The third-order valence-corrected chi connectivity index (χ3v) is 5.44. The number of sulfonamides is 1. The largest absolute Gasteiger partial charge is 0.464 e. The number of benzene rings is 1. The highest BCUT2D eigenvalue weighted by Crippen LogP contribution is 2.25. The molecule has 0 aliphatic rings. The minimum Gasteiger partial charge on any atom is -0.464 e. The molecule has 0 aliphatic carbocycles. The van der Waals surface area contributed by atoms with Gasteiger partial charge in [-0.1, -0.05) is 29.8 Å². The summed E-state index contributed by atoms with van der Waals surface area (Å²) >= 11 is 6.07. The lowest BCUT2D eigenvalue weighted by molar-refractivity contribution is 0.456. The minimum absolute atomic E-state index is 0.137. The summed E-state index contributed by atoms with van der Waals surface area (Å²) in [6, 6.07) is 8.61. The van der Waals surface area contributed by atoms with Crippen molar-refractivity contribution in [3.63, 3.8) is 0 Å². The lowest BCUT2D eigenvalue weighted by Gasteiger charge is -2.17. The molecule has 1 aromatic heterocycles. The van der Waals surface area contributed by atoms with E-state index in [4.69, 9.17) is 21.8 Å². The molecule has 0 bridgehead atoms. The fraction of sp³-hybridized carbons (Fsp3) is 0.286. The van der Waals surface area contributed by atoms with Gasteiger partial charge in [-0.15, -0.1) is 0 Å². The van der Waals surface area contributed by atoms with E-state index in [0.717, 1.165) is 5.56 Å². The van der Waals surface area contributed by atoms with Gasteiger partial charge in [0.1, 0.15) is 16.4 Å². The summed E-state index contributed by atoms with van der Waals surface area (Å²) in [4.78, 5) is 0.137. The molecule has 0 spiro atoms. The average molecular weight is 329 g/mol. The normalized spacial score (nSPS) is 12.0. The number of aryl methyl sites for hydroxylation is 1. The first-order valence-electron chi connectivity index (χ1n) is 6.35. The number of halogens is 1. The second-order valence-corrected chi connectivity index (χ2v) is 7.11. The molecule has 0 saturated carbocycles. The molecule has 0 unspecified atom stereocenters. The SMILES string of the molecule is Cc1oc(CN)cc1S(=O)(=O)N(C)Cc1ccccc1Cl. The zero-order valence-corrected chi connectivity index (χ0v) is 13.4. The summed E-state index contributed by atoms with van der Waals surface area (Å²) in [5, 5.41) is 0.533. The van der Waals surface area contributed by atoms with Crippen molar-refractivity contribution in [2.75, 3.05) is 7.05 Å². The van der Waals surface area contributed by atoms with Crippen LogP contribution in [0, 0.1) is 6.92 Å². The molecular weight excluding hydrogens is 312 g/mol. The smallest absolute Gasteiger partial charge is 0.246 e. The van der Waals surface area contributed by atoms with E-state index in [0.29, 0.717) is 16.5 Å². The summed E-state index contributed by atoms with van der Waals surface area (Å²) in [7, 11) is -2.14. The number of rotatable bonds is 5. The molecule has 1 aromatic carbocycles. The average Bonchev–Trinajstić information content (AvgIpc) is 2.83. The molecule has 0 saturated heterocycles. The van der Waals surface area contributed by atoms with Gasteiger partial charge in [0.25, 0.3) is 0 Å². The Morgan fingerprint density at radius 2 is 2.00 bits per heavy atom. The zero-order valence-electron chi connectivity index (χ0n) is 11.8. The molecule has 5 nitrogen and oxygen atoms in total. The highest BCUT2D eigenvalue weighted by atomic mass is 35.5. The van der Waals surface area contributed by atoms with E-state index in [-0.39, 0.29) is 18.0 Å². The van der Waals surface area contributed by atoms with Crippen LogP contribution in [0.4, 0.5) is 0 Å². The number of nitrogens with two attached hydrogens (primary N) is 1. The minimum atomic E-state index is -3.65. The van der Waals surface area contributed by atoms with Gasteiger partial charge in [-0.05, 0) is 18.6 Å². The Kier molecular flexibility index (Phi) is 4.73. The van der Waals surface area contributed by atoms with Crippen LogP contribution >= 0.6 is 11.6 Å². The maximum Gasteiger partial charge on any atom is 0.246 e. The van der Waals surface area contributed by atoms with E-state index in [1.165, 1.54) is 17.4 Å². The topological polar surface area (TPSA) is 76.5 Å². The van der Waals surface area contributed by atoms with Crippen molar-refractivity contribution in [3.05, 3.63) is 52.4 Å². The number of furan rings is 1. The fourth-order valence-electron chi connectivity index (χ4n) is 2.00. The highest BCUT2D eigenvalue weighted by Gasteiger charge is 2.26. The molecule has 114 valence electrons. The van der Waals surface area contributed by atoms with Gasteiger partial charge in [-0.25, -0.2) is 8.42 Å². The monoisotopic (exact) mass is 328 g/mol. The Morgan fingerprint density at radius 3 is 2.57 bits per heavy atom. The van der Waals surface area contributed by atoms with E-state index in [9.17, 15) is 8.42 Å². The van der Waals surface area contributed by atoms with Crippen LogP contribution in [0.15, 0.2) is 39.6 Å². The van der Waals surface area contributed by atoms with Crippen molar-refractivity contribution in [1.29, 1.82) is 0 Å². The van der Waals surface area contributed by atoms with Gasteiger partial charge in [0.15, 0.2) is 0 Å². The van der Waals surface area contributed by atoms with Crippen molar-refractivity contribution in [2.45, 2.75) is 24.9 Å². The van der Waals surface area contributed by atoms with Crippen LogP contribution < -0.4 is 5.73 Å². The quantitative estimate of drug-likeness (QED) is 0.915. The molecule has 0 fully saturated rings. The van der Waals surface area contributed by atoms with Gasteiger partial charge in [0.2, 0.25) is 10.0 Å². The maximum absolute atomic E-state index is 12.6. The fourth-order valence-corrected chi connectivity index (χ4v) is 3.53. The zero-order chi connectivity index (χ0) is 15.6. The van der Waals surface area contributed by atoms with Crippen molar-refractivity contribution in [1.82, 2.24) is 4.31 Å². The highest BCUT2D eigenvalue weighted by molar-refractivity contribution is 7.89. The summed E-state index contributed by atoms with van der Waals surface area (Å²) in [5.74, 6) is 0.777. The standard InChI is InChI=1S/C14H17ClN2O3S/c1-10-14(7-12(8-16)20-10)21(18,19)17(2)9-11-5-3-4-6-13(11)15/h3-7H,8-9,16H2,1-2H3. The molecule has 2 N–H and O–H groups in total. The second-order valence-electron chi connectivity index (χ2n) is 4.69. The Bertz CT molecular complexity index is 740. The molecule has 21 heavy (non-hydrogen) atoms. The number of hydrogen-bond acceptors (Lipinski definition) is 4. The van der Waals surface area contributed by atoms with Crippen LogP contribution in [0.3, 0.4) is 0 Å². The van der Waals surface area contributed by atoms with Crippen molar-refractivity contribution < 1.29 is 12.8 Å². The van der Waals surface area contributed by atoms with Crippen LogP contribution in [0.25, 0.3) is 0 Å². The lowest BCUT2D eigenvalue weighted by atomic mass is 10.2. The molecule has 7 heteroatoms.